The number of aromatic nitrogens is 3. The quantitative estimate of drug-likeness (QED) is 0.759. The summed E-state index contributed by atoms with van der Waals surface area (Å²) in [5.74, 6) is -0.665. The van der Waals surface area contributed by atoms with Crippen LogP contribution in [-0.2, 0) is 0 Å². The highest BCUT2D eigenvalue weighted by Crippen LogP contribution is 2.23. The Kier molecular flexibility index (Phi) is 5.60. The molecule has 6 nitrogen and oxygen atoms in total. The van der Waals surface area contributed by atoms with E-state index < -0.39 is 24.6 Å². The number of alkyl halides is 3. The van der Waals surface area contributed by atoms with E-state index in [9.17, 15) is 17.6 Å². The first-order chi connectivity index (χ1) is 11.3. The summed E-state index contributed by atoms with van der Waals surface area (Å²) < 4.78 is 54.4. The third kappa shape index (κ3) is 5.37. The van der Waals surface area contributed by atoms with Crippen molar-refractivity contribution in [3.8, 4) is 6.01 Å². The van der Waals surface area contributed by atoms with Gasteiger partial charge in [-0.2, -0.15) is 28.1 Å². The predicted molar refractivity (Wildman–Crippen MR) is 80.2 cm³/mol. The molecular formula is C13H12ClF4N5O. The number of hydrogen-bond donors (Lipinski definition) is 2. The smallest absolute Gasteiger partial charge is 0.422 e. The molecule has 0 bridgehead atoms. The van der Waals surface area contributed by atoms with Gasteiger partial charge >= 0.3 is 12.2 Å². The van der Waals surface area contributed by atoms with Crippen molar-refractivity contribution in [2.24, 2.45) is 0 Å². The number of nitrogens with one attached hydrogen (secondary N) is 2. The van der Waals surface area contributed by atoms with Crippen molar-refractivity contribution < 1.29 is 22.3 Å². The van der Waals surface area contributed by atoms with E-state index in [1.54, 1.807) is 6.92 Å². The SMILES string of the molecule is CCNc1nc(Nc2ccc(F)c(Cl)c2)nc(OCC(F)(F)F)n1. The molecule has 11 heteroatoms. The number of ether oxygens (including phenoxy) is 1. The lowest BCUT2D eigenvalue weighted by Crippen LogP contribution is -2.20. The minimum Gasteiger partial charge on any atom is -0.454 e. The number of halogens is 5. The number of hydrogen-bond acceptors (Lipinski definition) is 6. The van der Waals surface area contributed by atoms with Gasteiger partial charge in [0.1, 0.15) is 5.82 Å². The molecule has 2 aromatic rings. The average Bonchev–Trinajstić information content (AvgIpc) is 2.48. The Balaban J connectivity index is 2.23. The summed E-state index contributed by atoms with van der Waals surface area (Å²) in [6.07, 6.45) is -4.52. The van der Waals surface area contributed by atoms with Gasteiger partial charge in [-0.1, -0.05) is 11.6 Å². The maximum Gasteiger partial charge on any atom is 0.422 e. The molecule has 2 N–H and O–H groups in total. The molecule has 130 valence electrons. The molecule has 0 aliphatic carbocycles. The number of rotatable bonds is 6. The molecule has 0 radical (unpaired) electrons. The van der Waals surface area contributed by atoms with E-state index in [2.05, 4.69) is 30.3 Å². The molecule has 0 saturated carbocycles. The van der Waals surface area contributed by atoms with Crippen molar-refractivity contribution >= 4 is 29.2 Å². The first-order valence-corrected chi connectivity index (χ1v) is 7.06. The van der Waals surface area contributed by atoms with Gasteiger partial charge in [0.25, 0.3) is 0 Å². The van der Waals surface area contributed by atoms with Gasteiger partial charge in [-0.15, -0.1) is 0 Å². The van der Waals surface area contributed by atoms with Gasteiger partial charge in [0.2, 0.25) is 11.9 Å². The summed E-state index contributed by atoms with van der Waals surface area (Å²) in [5.41, 5.74) is 0.344. The number of anilines is 3. The van der Waals surface area contributed by atoms with Crippen LogP contribution in [0.5, 0.6) is 6.01 Å². The zero-order valence-corrected chi connectivity index (χ0v) is 13.0. The van der Waals surface area contributed by atoms with Crippen molar-refractivity contribution in [2.75, 3.05) is 23.8 Å². The Bertz CT molecular complexity index is 713. The van der Waals surface area contributed by atoms with Crippen LogP contribution in [0.2, 0.25) is 5.02 Å². The average molecular weight is 366 g/mol. The summed E-state index contributed by atoms with van der Waals surface area (Å²) in [7, 11) is 0. The molecule has 0 aliphatic rings. The molecule has 0 saturated heterocycles. The lowest BCUT2D eigenvalue weighted by molar-refractivity contribution is -0.154. The highest BCUT2D eigenvalue weighted by atomic mass is 35.5. The summed E-state index contributed by atoms with van der Waals surface area (Å²) >= 11 is 5.66. The van der Waals surface area contributed by atoms with E-state index in [1.807, 2.05) is 0 Å². The maximum absolute atomic E-state index is 13.1. The van der Waals surface area contributed by atoms with Gasteiger partial charge in [0.15, 0.2) is 6.61 Å². The van der Waals surface area contributed by atoms with Crippen LogP contribution in [0.15, 0.2) is 18.2 Å². The molecule has 0 unspecified atom stereocenters. The third-order valence-corrected chi connectivity index (χ3v) is 2.78. The predicted octanol–water partition coefficient (Wildman–Crippen LogP) is 3.78. The van der Waals surface area contributed by atoms with Crippen LogP contribution in [0.1, 0.15) is 6.92 Å². The third-order valence-electron chi connectivity index (χ3n) is 2.49. The Hall–Kier alpha value is -2.36. The maximum atomic E-state index is 13.1. The zero-order valence-electron chi connectivity index (χ0n) is 12.3. The van der Waals surface area contributed by atoms with E-state index in [1.165, 1.54) is 12.1 Å². The van der Waals surface area contributed by atoms with E-state index >= 15 is 0 Å². The van der Waals surface area contributed by atoms with Crippen molar-refractivity contribution in [1.29, 1.82) is 0 Å². The molecule has 0 aliphatic heterocycles. The van der Waals surface area contributed by atoms with Crippen molar-refractivity contribution in [3.05, 3.63) is 29.0 Å². The first-order valence-electron chi connectivity index (χ1n) is 6.68. The first kappa shape index (κ1) is 18.0. The minimum atomic E-state index is -4.52. The summed E-state index contributed by atoms with van der Waals surface area (Å²) in [6, 6.07) is 3.27. The molecule has 0 spiro atoms. The second kappa shape index (κ2) is 7.47. The van der Waals surface area contributed by atoms with Gasteiger partial charge in [-0.3, -0.25) is 0 Å². The molecule has 0 atom stereocenters. The minimum absolute atomic E-state index is 0.0281. The van der Waals surface area contributed by atoms with E-state index in [-0.39, 0.29) is 16.9 Å². The van der Waals surface area contributed by atoms with Gasteiger partial charge in [-0.05, 0) is 25.1 Å². The Morgan fingerprint density at radius 3 is 2.50 bits per heavy atom. The fourth-order valence-corrected chi connectivity index (χ4v) is 1.74. The Morgan fingerprint density at radius 2 is 1.88 bits per heavy atom. The lowest BCUT2D eigenvalue weighted by Gasteiger charge is -2.11. The molecular weight excluding hydrogens is 354 g/mol. The fourth-order valence-electron chi connectivity index (χ4n) is 1.56. The van der Waals surface area contributed by atoms with Crippen molar-refractivity contribution in [1.82, 2.24) is 15.0 Å². The fraction of sp³-hybridized carbons (Fsp3) is 0.308. The van der Waals surface area contributed by atoms with Crippen LogP contribution >= 0.6 is 11.6 Å². The van der Waals surface area contributed by atoms with Gasteiger partial charge in [-0.25, -0.2) is 4.39 Å². The molecule has 1 aromatic carbocycles. The summed E-state index contributed by atoms with van der Waals surface area (Å²) in [6.45, 7) is 0.655. The van der Waals surface area contributed by atoms with Gasteiger partial charge in [0, 0.05) is 12.2 Å². The number of benzene rings is 1. The zero-order chi connectivity index (χ0) is 17.7. The van der Waals surface area contributed by atoms with Crippen LogP contribution in [0.25, 0.3) is 0 Å². The van der Waals surface area contributed by atoms with E-state index in [0.717, 1.165) is 6.07 Å². The van der Waals surface area contributed by atoms with Crippen LogP contribution in [0, 0.1) is 5.82 Å². The normalized spacial score (nSPS) is 11.2. The standard InChI is InChI=1S/C13H12ClF4N5O/c1-2-19-10-21-11(20-7-3-4-9(15)8(14)5-7)23-12(22-10)24-6-13(16,17)18/h3-5H,2,6H2,1H3,(H2,19,20,21,22,23). The van der Waals surface area contributed by atoms with Gasteiger partial charge in [0.05, 0.1) is 5.02 Å². The lowest BCUT2D eigenvalue weighted by atomic mass is 10.3. The van der Waals surface area contributed by atoms with Crippen LogP contribution < -0.4 is 15.4 Å². The molecule has 1 aromatic heterocycles. The molecule has 0 fully saturated rings. The molecule has 24 heavy (non-hydrogen) atoms. The Morgan fingerprint density at radius 1 is 1.17 bits per heavy atom. The second-order valence-corrected chi connectivity index (χ2v) is 4.86. The molecule has 2 rings (SSSR count). The van der Waals surface area contributed by atoms with Crippen LogP contribution in [-0.4, -0.2) is 34.3 Å². The van der Waals surface area contributed by atoms with E-state index in [4.69, 9.17) is 11.6 Å². The van der Waals surface area contributed by atoms with E-state index in [0.29, 0.717) is 12.2 Å². The monoisotopic (exact) mass is 365 g/mol. The van der Waals surface area contributed by atoms with Crippen LogP contribution in [0.4, 0.5) is 35.1 Å². The number of nitrogens with zero attached hydrogens (tertiary/aromatic N) is 3. The highest BCUT2D eigenvalue weighted by Gasteiger charge is 2.29. The van der Waals surface area contributed by atoms with Crippen molar-refractivity contribution in [2.45, 2.75) is 13.1 Å². The topological polar surface area (TPSA) is 72.0 Å². The summed E-state index contributed by atoms with van der Waals surface area (Å²) in [5, 5.41) is 5.31. The van der Waals surface area contributed by atoms with Crippen LogP contribution in [0.3, 0.4) is 0 Å². The second-order valence-electron chi connectivity index (χ2n) is 4.45. The Labute approximate surface area is 139 Å². The van der Waals surface area contributed by atoms with Crippen molar-refractivity contribution in [3.63, 3.8) is 0 Å². The summed E-state index contributed by atoms with van der Waals surface area (Å²) in [4.78, 5) is 11.4. The van der Waals surface area contributed by atoms with Gasteiger partial charge < -0.3 is 15.4 Å². The molecule has 0 amide bonds. The largest absolute Gasteiger partial charge is 0.454 e. The molecule has 1 heterocycles. The highest BCUT2D eigenvalue weighted by molar-refractivity contribution is 6.31.